The predicted octanol–water partition coefficient (Wildman–Crippen LogP) is 0.800. The van der Waals surface area contributed by atoms with Crippen LogP contribution < -0.4 is 5.43 Å². The maximum Gasteiger partial charge on any atom is 0.153 e. The van der Waals surface area contributed by atoms with Crippen LogP contribution in [0.25, 0.3) is 0 Å². The molecule has 0 bridgehead atoms. The van der Waals surface area contributed by atoms with Crippen LogP contribution in [0.15, 0.2) is 0 Å². The average Bonchev–Trinajstić information content (AvgIpc) is 2.19. The van der Waals surface area contributed by atoms with Gasteiger partial charge in [0.15, 0.2) is 9.84 Å². The molecule has 1 rings (SSSR count). The molecular formula is C10H22N2O2S. The summed E-state index contributed by atoms with van der Waals surface area (Å²) >= 11 is 0. The van der Waals surface area contributed by atoms with Gasteiger partial charge in [0.1, 0.15) is 0 Å². The number of rotatable bonds is 5. The molecule has 0 atom stereocenters. The largest absolute Gasteiger partial charge is 0.254 e. The number of sulfone groups is 1. The normalized spacial score (nSPS) is 19.7. The zero-order valence-electron chi connectivity index (χ0n) is 9.70. The Hall–Kier alpha value is -0.130. The molecular weight excluding hydrogens is 212 g/mol. The average molecular weight is 234 g/mol. The van der Waals surface area contributed by atoms with Gasteiger partial charge in [-0.2, -0.15) is 0 Å². The van der Waals surface area contributed by atoms with Crippen LogP contribution in [0.1, 0.15) is 33.1 Å². The maximum atomic E-state index is 11.5. The van der Waals surface area contributed by atoms with Gasteiger partial charge in [0.05, 0.1) is 11.0 Å². The highest BCUT2D eigenvalue weighted by atomic mass is 32.2. The Balaban J connectivity index is 2.20. The first-order valence-electron chi connectivity index (χ1n) is 5.72. The minimum absolute atomic E-state index is 0.237. The van der Waals surface area contributed by atoms with E-state index in [4.69, 9.17) is 0 Å². The van der Waals surface area contributed by atoms with Crippen LogP contribution in [0.5, 0.6) is 0 Å². The Labute approximate surface area is 92.9 Å². The Morgan fingerprint density at radius 1 is 1.20 bits per heavy atom. The van der Waals surface area contributed by atoms with Crippen LogP contribution in [0.4, 0.5) is 0 Å². The standard InChI is InChI=1S/C10H22N2O2S/c1-10(2)15(13,14)9-6-11-12-7-4-3-5-8-12/h10-11H,3-9H2,1-2H3. The SMILES string of the molecule is CC(C)S(=O)(=O)CCNN1CCCCC1. The van der Waals surface area contributed by atoms with Crippen molar-refractivity contribution >= 4 is 9.84 Å². The van der Waals surface area contributed by atoms with E-state index in [0.717, 1.165) is 13.1 Å². The molecule has 0 unspecified atom stereocenters. The molecule has 1 saturated heterocycles. The fourth-order valence-corrected chi connectivity index (χ4v) is 2.48. The molecule has 1 fully saturated rings. The minimum Gasteiger partial charge on any atom is -0.254 e. The van der Waals surface area contributed by atoms with Crippen molar-refractivity contribution in [3.05, 3.63) is 0 Å². The Kier molecular flexibility index (Phi) is 5.02. The molecule has 1 aliphatic heterocycles. The number of hydrogen-bond acceptors (Lipinski definition) is 4. The second kappa shape index (κ2) is 5.82. The molecule has 1 heterocycles. The van der Waals surface area contributed by atoms with Crippen molar-refractivity contribution in [2.45, 2.75) is 38.4 Å². The molecule has 0 amide bonds. The van der Waals surface area contributed by atoms with Gasteiger partial charge in [0, 0.05) is 19.6 Å². The lowest BCUT2D eigenvalue weighted by molar-refractivity contribution is 0.159. The van der Waals surface area contributed by atoms with E-state index in [-0.39, 0.29) is 11.0 Å². The monoisotopic (exact) mass is 234 g/mol. The van der Waals surface area contributed by atoms with Crippen molar-refractivity contribution in [1.82, 2.24) is 10.4 Å². The van der Waals surface area contributed by atoms with Gasteiger partial charge in [-0.05, 0) is 26.7 Å². The molecule has 15 heavy (non-hydrogen) atoms. The first-order chi connectivity index (χ1) is 7.02. The molecule has 0 spiro atoms. The Bertz CT molecular complexity index is 269. The van der Waals surface area contributed by atoms with Crippen molar-refractivity contribution in [3.63, 3.8) is 0 Å². The molecule has 0 aromatic carbocycles. The zero-order valence-corrected chi connectivity index (χ0v) is 10.5. The van der Waals surface area contributed by atoms with E-state index in [0.29, 0.717) is 6.54 Å². The van der Waals surface area contributed by atoms with Crippen molar-refractivity contribution in [2.75, 3.05) is 25.4 Å². The summed E-state index contributed by atoms with van der Waals surface area (Å²) in [4.78, 5) is 0. The highest BCUT2D eigenvalue weighted by Crippen LogP contribution is 2.06. The van der Waals surface area contributed by atoms with Crippen molar-refractivity contribution in [1.29, 1.82) is 0 Å². The zero-order chi connectivity index (χ0) is 11.3. The third-order valence-corrected chi connectivity index (χ3v) is 5.01. The lowest BCUT2D eigenvalue weighted by Crippen LogP contribution is -2.44. The quantitative estimate of drug-likeness (QED) is 0.764. The second-order valence-corrected chi connectivity index (χ2v) is 7.05. The summed E-state index contributed by atoms with van der Waals surface area (Å²) in [7, 11) is -2.89. The van der Waals surface area contributed by atoms with E-state index < -0.39 is 9.84 Å². The summed E-state index contributed by atoms with van der Waals surface area (Å²) in [6.45, 7) is 6.09. The van der Waals surface area contributed by atoms with Crippen LogP contribution in [0.3, 0.4) is 0 Å². The van der Waals surface area contributed by atoms with Crippen molar-refractivity contribution < 1.29 is 8.42 Å². The van der Waals surface area contributed by atoms with Gasteiger partial charge >= 0.3 is 0 Å². The molecule has 0 saturated carbocycles. The number of hydrazine groups is 1. The highest BCUT2D eigenvalue weighted by molar-refractivity contribution is 7.92. The van der Waals surface area contributed by atoms with Gasteiger partial charge in [-0.15, -0.1) is 0 Å². The third-order valence-electron chi connectivity index (χ3n) is 2.80. The fraction of sp³-hybridized carbons (Fsp3) is 1.00. The van der Waals surface area contributed by atoms with Gasteiger partial charge in [-0.25, -0.2) is 13.4 Å². The van der Waals surface area contributed by atoms with E-state index in [9.17, 15) is 8.42 Å². The molecule has 1 aliphatic rings. The molecule has 0 aromatic heterocycles. The molecule has 1 N–H and O–H groups in total. The molecule has 5 heteroatoms. The number of nitrogens with one attached hydrogen (secondary N) is 1. The van der Waals surface area contributed by atoms with Crippen LogP contribution in [-0.2, 0) is 9.84 Å². The van der Waals surface area contributed by atoms with Gasteiger partial charge in [0.25, 0.3) is 0 Å². The molecule has 0 aromatic rings. The van der Waals surface area contributed by atoms with E-state index in [1.807, 2.05) is 0 Å². The number of piperidine rings is 1. The van der Waals surface area contributed by atoms with Crippen LogP contribution >= 0.6 is 0 Å². The molecule has 90 valence electrons. The minimum atomic E-state index is -2.89. The van der Waals surface area contributed by atoms with Crippen LogP contribution in [0, 0.1) is 0 Å². The van der Waals surface area contributed by atoms with Gasteiger partial charge in [-0.1, -0.05) is 6.42 Å². The van der Waals surface area contributed by atoms with E-state index >= 15 is 0 Å². The van der Waals surface area contributed by atoms with E-state index in [1.165, 1.54) is 19.3 Å². The summed E-state index contributed by atoms with van der Waals surface area (Å²) < 4.78 is 23.0. The lowest BCUT2D eigenvalue weighted by Gasteiger charge is -2.27. The van der Waals surface area contributed by atoms with Crippen molar-refractivity contribution in [2.24, 2.45) is 0 Å². The van der Waals surface area contributed by atoms with Crippen LogP contribution in [-0.4, -0.2) is 44.1 Å². The molecule has 0 radical (unpaired) electrons. The number of nitrogens with zero attached hydrogens (tertiary/aromatic N) is 1. The first kappa shape index (κ1) is 12.9. The van der Waals surface area contributed by atoms with Gasteiger partial charge < -0.3 is 0 Å². The Morgan fingerprint density at radius 3 is 2.33 bits per heavy atom. The van der Waals surface area contributed by atoms with E-state index in [2.05, 4.69) is 10.4 Å². The highest BCUT2D eigenvalue weighted by Gasteiger charge is 2.16. The Morgan fingerprint density at radius 2 is 1.80 bits per heavy atom. The predicted molar refractivity (Wildman–Crippen MR) is 62.3 cm³/mol. The van der Waals surface area contributed by atoms with Crippen LogP contribution in [0.2, 0.25) is 0 Å². The maximum absolute atomic E-state index is 11.5. The fourth-order valence-electron chi connectivity index (χ4n) is 1.63. The topological polar surface area (TPSA) is 49.4 Å². The first-order valence-corrected chi connectivity index (χ1v) is 7.44. The second-order valence-electron chi connectivity index (χ2n) is 4.37. The molecule has 4 nitrogen and oxygen atoms in total. The number of hydrogen-bond donors (Lipinski definition) is 1. The third kappa shape index (κ3) is 4.49. The van der Waals surface area contributed by atoms with Gasteiger partial charge in [0.2, 0.25) is 0 Å². The smallest absolute Gasteiger partial charge is 0.153 e. The molecule has 0 aliphatic carbocycles. The summed E-state index contributed by atoms with van der Waals surface area (Å²) in [5.74, 6) is 0.237. The van der Waals surface area contributed by atoms with E-state index in [1.54, 1.807) is 13.8 Å². The summed E-state index contributed by atoms with van der Waals surface area (Å²) in [6, 6.07) is 0. The van der Waals surface area contributed by atoms with Crippen molar-refractivity contribution in [3.8, 4) is 0 Å². The van der Waals surface area contributed by atoms with Gasteiger partial charge in [-0.3, -0.25) is 5.43 Å². The summed E-state index contributed by atoms with van der Waals surface area (Å²) in [6.07, 6.45) is 3.72. The summed E-state index contributed by atoms with van der Waals surface area (Å²) in [5, 5.41) is 1.87. The summed E-state index contributed by atoms with van der Waals surface area (Å²) in [5.41, 5.74) is 3.19. The lowest BCUT2D eigenvalue weighted by atomic mass is 10.2.